The third-order valence-electron chi connectivity index (χ3n) is 3.65. The van der Waals surface area contributed by atoms with Gasteiger partial charge in [0.15, 0.2) is 0 Å². The van der Waals surface area contributed by atoms with Crippen LogP contribution in [0.2, 0.25) is 5.02 Å². The summed E-state index contributed by atoms with van der Waals surface area (Å²) in [6.07, 6.45) is 1.81. The summed E-state index contributed by atoms with van der Waals surface area (Å²) in [6.45, 7) is 4.72. The molecule has 100 valence electrons. The molecule has 1 aliphatic rings. The molecule has 2 heterocycles. The number of anilines is 1. The van der Waals surface area contributed by atoms with Crippen LogP contribution in [0, 0.1) is 5.92 Å². The van der Waals surface area contributed by atoms with Gasteiger partial charge in [-0.1, -0.05) is 18.5 Å². The van der Waals surface area contributed by atoms with E-state index in [0.717, 1.165) is 24.5 Å². The largest absolute Gasteiger partial charge is 0.353 e. The Labute approximate surface area is 114 Å². The maximum atomic E-state index is 6.29. The van der Waals surface area contributed by atoms with Crippen LogP contribution in [0.25, 0.3) is 0 Å². The molecule has 2 unspecified atom stereocenters. The summed E-state index contributed by atoms with van der Waals surface area (Å²) in [4.78, 5) is 8.99. The van der Waals surface area contributed by atoms with E-state index in [0.29, 0.717) is 23.5 Å². The van der Waals surface area contributed by atoms with Gasteiger partial charge in [0.25, 0.3) is 0 Å². The Bertz CT molecular complexity index is 421. The maximum absolute atomic E-state index is 6.29. The lowest BCUT2D eigenvalue weighted by atomic mass is 10.1. The van der Waals surface area contributed by atoms with Gasteiger partial charge in [0.2, 0.25) is 0 Å². The highest BCUT2D eigenvalue weighted by molar-refractivity contribution is 6.33. The van der Waals surface area contributed by atoms with E-state index in [1.165, 1.54) is 0 Å². The molecule has 1 saturated heterocycles. The lowest BCUT2D eigenvalue weighted by Crippen LogP contribution is -2.34. The highest BCUT2D eigenvalue weighted by Crippen LogP contribution is 2.30. The van der Waals surface area contributed by atoms with Gasteiger partial charge in [0.05, 0.1) is 5.02 Å². The van der Waals surface area contributed by atoms with Crippen LogP contribution in [0.1, 0.15) is 12.5 Å². The summed E-state index contributed by atoms with van der Waals surface area (Å²) in [6, 6.07) is 2.47. The Morgan fingerprint density at radius 1 is 1.50 bits per heavy atom. The predicted molar refractivity (Wildman–Crippen MR) is 76.0 cm³/mol. The first-order valence-electron chi connectivity index (χ1n) is 6.28. The number of hydrogen-bond acceptors (Lipinski definition) is 4. The fourth-order valence-electron chi connectivity index (χ4n) is 2.61. The van der Waals surface area contributed by atoms with Crippen LogP contribution in [0.3, 0.4) is 0 Å². The zero-order chi connectivity index (χ0) is 13.3. The molecular weight excluding hydrogens is 248 g/mol. The molecule has 1 aromatic heterocycles. The van der Waals surface area contributed by atoms with E-state index in [1.54, 1.807) is 0 Å². The van der Waals surface area contributed by atoms with Crippen molar-refractivity contribution in [3.63, 3.8) is 0 Å². The molecule has 0 aliphatic carbocycles. The smallest absolute Gasteiger partial charge is 0.147 e. The van der Waals surface area contributed by atoms with E-state index in [4.69, 9.17) is 17.3 Å². The van der Waals surface area contributed by atoms with Gasteiger partial charge in [0.1, 0.15) is 5.82 Å². The van der Waals surface area contributed by atoms with E-state index in [9.17, 15) is 0 Å². The quantitative estimate of drug-likeness (QED) is 0.904. The van der Waals surface area contributed by atoms with Crippen molar-refractivity contribution < 1.29 is 0 Å². The number of rotatable bonds is 3. The van der Waals surface area contributed by atoms with Crippen molar-refractivity contribution in [3.8, 4) is 0 Å². The third kappa shape index (κ3) is 2.60. The fraction of sp³-hybridized carbons (Fsp3) is 0.615. The molecule has 0 bridgehead atoms. The summed E-state index contributed by atoms with van der Waals surface area (Å²) in [7, 11) is 4.24. The molecule has 0 spiro atoms. The number of nitrogens with two attached hydrogens (primary N) is 1. The van der Waals surface area contributed by atoms with Gasteiger partial charge in [0, 0.05) is 31.9 Å². The molecule has 2 N–H and O–H groups in total. The van der Waals surface area contributed by atoms with Gasteiger partial charge in [-0.25, -0.2) is 4.98 Å². The second-order valence-electron chi connectivity index (χ2n) is 5.27. The molecule has 1 aromatic rings. The van der Waals surface area contributed by atoms with Crippen molar-refractivity contribution in [3.05, 3.63) is 22.8 Å². The van der Waals surface area contributed by atoms with Crippen molar-refractivity contribution in [2.75, 3.05) is 32.1 Å². The number of hydrogen-bond donors (Lipinski definition) is 1. The van der Waals surface area contributed by atoms with Crippen molar-refractivity contribution >= 4 is 17.4 Å². The Hall–Kier alpha value is -0.840. The second kappa shape index (κ2) is 5.43. The highest BCUT2D eigenvalue weighted by atomic mass is 35.5. The first-order valence-corrected chi connectivity index (χ1v) is 6.66. The zero-order valence-electron chi connectivity index (χ0n) is 11.2. The second-order valence-corrected chi connectivity index (χ2v) is 5.67. The average molecular weight is 269 g/mol. The maximum Gasteiger partial charge on any atom is 0.147 e. The number of likely N-dealkylation sites (N-methyl/N-ethyl adjacent to an activating group) is 1. The third-order valence-corrected chi connectivity index (χ3v) is 3.93. The summed E-state index contributed by atoms with van der Waals surface area (Å²) >= 11 is 6.29. The molecule has 0 amide bonds. The molecule has 18 heavy (non-hydrogen) atoms. The Balaban J connectivity index is 2.18. The van der Waals surface area contributed by atoms with Crippen LogP contribution >= 0.6 is 11.6 Å². The van der Waals surface area contributed by atoms with E-state index < -0.39 is 0 Å². The van der Waals surface area contributed by atoms with Crippen LogP contribution < -0.4 is 10.6 Å². The van der Waals surface area contributed by atoms with E-state index >= 15 is 0 Å². The summed E-state index contributed by atoms with van der Waals surface area (Å²) in [5.74, 6) is 1.50. The number of pyridine rings is 1. The normalized spacial score (nSPS) is 24.0. The standard InChI is InChI=1S/C13H21ClN4/c1-9-7-18(8-12(9)17(2)3)13-11(14)4-10(5-15)6-16-13/h4,6,9,12H,5,7-8,15H2,1-3H3. The minimum Gasteiger partial charge on any atom is -0.353 e. The topological polar surface area (TPSA) is 45.4 Å². The Morgan fingerprint density at radius 2 is 2.22 bits per heavy atom. The Morgan fingerprint density at radius 3 is 2.72 bits per heavy atom. The molecular formula is C13H21ClN4. The van der Waals surface area contributed by atoms with Crippen molar-refractivity contribution in [1.82, 2.24) is 9.88 Å². The minimum atomic E-state index is 0.476. The number of aromatic nitrogens is 1. The van der Waals surface area contributed by atoms with E-state index in [1.807, 2.05) is 12.3 Å². The van der Waals surface area contributed by atoms with Gasteiger partial charge in [-0.3, -0.25) is 0 Å². The van der Waals surface area contributed by atoms with Gasteiger partial charge >= 0.3 is 0 Å². The van der Waals surface area contributed by atoms with Crippen LogP contribution in [-0.2, 0) is 6.54 Å². The summed E-state index contributed by atoms with van der Waals surface area (Å²) in [5, 5.41) is 0.699. The summed E-state index contributed by atoms with van der Waals surface area (Å²) in [5.41, 5.74) is 6.56. The lowest BCUT2D eigenvalue weighted by molar-refractivity contribution is 0.266. The van der Waals surface area contributed by atoms with Gasteiger partial charge in [-0.15, -0.1) is 0 Å². The predicted octanol–water partition coefficient (Wildman–Crippen LogP) is 1.58. The average Bonchev–Trinajstić information content (AvgIpc) is 2.71. The highest BCUT2D eigenvalue weighted by Gasteiger charge is 2.32. The SMILES string of the molecule is CC1CN(c2ncc(CN)cc2Cl)CC1N(C)C. The van der Waals surface area contributed by atoms with Crippen LogP contribution in [0.5, 0.6) is 0 Å². The molecule has 5 heteroatoms. The van der Waals surface area contributed by atoms with E-state index in [2.05, 4.69) is 35.8 Å². The van der Waals surface area contributed by atoms with Gasteiger partial charge in [-0.05, 0) is 31.6 Å². The molecule has 0 aromatic carbocycles. The molecule has 0 saturated carbocycles. The minimum absolute atomic E-state index is 0.476. The van der Waals surface area contributed by atoms with Gasteiger partial charge < -0.3 is 15.5 Å². The number of nitrogens with zero attached hydrogens (tertiary/aromatic N) is 3. The molecule has 4 nitrogen and oxygen atoms in total. The lowest BCUT2D eigenvalue weighted by Gasteiger charge is -2.23. The first kappa shape index (κ1) is 13.6. The van der Waals surface area contributed by atoms with Crippen LogP contribution in [0.15, 0.2) is 12.3 Å². The monoisotopic (exact) mass is 268 g/mol. The Kier molecular flexibility index (Phi) is 4.10. The fourth-order valence-corrected chi connectivity index (χ4v) is 2.92. The summed E-state index contributed by atoms with van der Waals surface area (Å²) < 4.78 is 0. The van der Waals surface area contributed by atoms with Crippen molar-refractivity contribution in [2.24, 2.45) is 11.7 Å². The van der Waals surface area contributed by atoms with Crippen LogP contribution in [0.4, 0.5) is 5.82 Å². The van der Waals surface area contributed by atoms with Gasteiger partial charge in [-0.2, -0.15) is 0 Å². The first-order chi connectivity index (χ1) is 8.52. The molecule has 1 aliphatic heterocycles. The number of halogens is 1. The zero-order valence-corrected chi connectivity index (χ0v) is 12.0. The molecule has 2 rings (SSSR count). The molecule has 1 fully saturated rings. The van der Waals surface area contributed by atoms with E-state index in [-0.39, 0.29) is 0 Å². The van der Waals surface area contributed by atoms with Crippen LogP contribution in [-0.4, -0.2) is 43.1 Å². The molecule has 0 radical (unpaired) electrons. The van der Waals surface area contributed by atoms with Crippen molar-refractivity contribution in [2.45, 2.75) is 19.5 Å². The van der Waals surface area contributed by atoms with Crippen molar-refractivity contribution in [1.29, 1.82) is 0 Å². The molecule has 2 atom stereocenters.